The molecule has 5 heteroatoms. The Morgan fingerprint density at radius 1 is 1.45 bits per heavy atom. The van der Waals surface area contributed by atoms with E-state index in [0.717, 1.165) is 5.56 Å². The van der Waals surface area contributed by atoms with Crippen LogP contribution in [0.3, 0.4) is 0 Å². The number of rotatable bonds is 4. The maximum atomic E-state index is 12.6. The predicted octanol–water partition coefficient (Wildman–Crippen LogP) is 2.27. The van der Waals surface area contributed by atoms with Gasteiger partial charge in [0.15, 0.2) is 0 Å². The van der Waals surface area contributed by atoms with Gasteiger partial charge in [-0.25, -0.2) is 0 Å². The Balaban J connectivity index is 2.08. The maximum absolute atomic E-state index is 12.6. The van der Waals surface area contributed by atoms with Crippen LogP contribution in [0.2, 0.25) is 5.02 Å². The summed E-state index contributed by atoms with van der Waals surface area (Å²) in [6, 6.07) is 7.40. The monoisotopic (exact) mass is 296 g/mol. The summed E-state index contributed by atoms with van der Waals surface area (Å²) in [4.78, 5) is 12.6. The highest BCUT2D eigenvalue weighted by Crippen LogP contribution is 2.31. The lowest BCUT2D eigenvalue weighted by Crippen LogP contribution is -2.49. The average Bonchev–Trinajstić information content (AvgIpc) is 2.48. The first-order valence-electron chi connectivity index (χ1n) is 6.92. The molecule has 0 aliphatic carbocycles. The van der Waals surface area contributed by atoms with Crippen molar-refractivity contribution in [3.63, 3.8) is 0 Å². The molecule has 1 unspecified atom stereocenters. The van der Waals surface area contributed by atoms with Crippen LogP contribution in [0.15, 0.2) is 24.3 Å². The highest BCUT2D eigenvalue weighted by atomic mass is 35.5. The normalized spacial score (nSPS) is 19.4. The highest BCUT2D eigenvalue weighted by molar-refractivity contribution is 6.31. The number of hydrogen-bond donors (Lipinski definition) is 2. The Morgan fingerprint density at radius 3 is 2.70 bits per heavy atom. The molecule has 1 aliphatic heterocycles. The van der Waals surface area contributed by atoms with Gasteiger partial charge in [-0.1, -0.05) is 29.8 Å². The van der Waals surface area contributed by atoms with Crippen LogP contribution in [0.25, 0.3) is 0 Å². The number of carbonyl (C=O) groups is 1. The Bertz CT molecular complexity index is 473. The Kier molecular flexibility index (Phi) is 5.02. The van der Waals surface area contributed by atoms with E-state index in [4.69, 9.17) is 22.1 Å². The third-order valence-corrected chi connectivity index (χ3v) is 4.39. The van der Waals surface area contributed by atoms with Crippen LogP contribution in [0.4, 0.5) is 0 Å². The van der Waals surface area contributed by atoms with Crippen molar-refractivity contribution in [3.8, 4) is 0 Å². The zero-order valence-electron chi connectivity index (χ0n) is 11.7. The fourth-order valence-corrected chi connectivity index (χ4v) is 2.84. The van der Waals surface area contributed by atoms with Crippen LogP contribution < -0.4 is 11.1 Å². The van der Waals surface area contributed by atoms with Gasteiger partial charge in [0, 0.05) is 24.8 Å². The maximum Gasteiger partial charge on any atom is 0.228 e. The van der Waals surface area contributed by atoms with Crippen molar-refractivity contribution < 1.29 is 9.53 Å². The minimum absolute atomic E-state index is 0.00396. The molecule has 0 spiro atoms. The minimum atomic E-state index is -0.506. The van der Waals surface area contributed by atoms with Gasteiger partial charge in [-0.3, -0.25) is 4.79 Å². The van der Waals surface area contributed by atoms with E-state index in [1.807, 2.05) is 31.2 Å². The summed E-state index contributed by atoms with van der Waals surface area (Å²) < 4.78 is 5.33. The van der Waals surface area contributed by atoms with Crippen molar-refractivity contribution in [1.29, 1.82) is 0 Å². The fourth-order valence-electron chi connectivity index (χ4n) is 2.54. The molecule has 1 atom stereocenters. The first-order valence-corrected chi connectivity index (χ1v) is 7.30. The molecular formula is C15H21ClN2O2. The van der Waals surface area contributed by atoms with Crippen LogP contribution in [0.5, 0.6) is 0 Å². The summed E-state index contributed by atoms with van der Waals surface area (Å²) in [6.45, 7) is 3.45. The molecule has 1 amide bonds. The molecule has 1 aromatic rings. The third kappa shape index (κ3) is 3.14. The molecule has 20 heavy (non-hydrogen) atoms. The van der Waals surface area contributed by atoms with E-state index in [-0.39, 0.29) is 11.9 Å². The molecule has 2 rings (SSSR count). The number of nitrogens with one attached hydrogen (secondary N) is 1. The summed E-state index contributed by atoms with van der Waals surface area (Å²) >= 11 is 6.16. The van der Waals surface area contributed by atoms with Gasteiger partial charge in [-0.2, -0.15) is 0 Å². The quantitative estimate of drug-likeness (QED) is 0.896. The Hall–Kier alpha value is -1.10. The van der Waals surface area contributed by atoms with E-state index in [1.54, 1.807) is 0 Å². The van der Waals surface area contributed by atoms with Crippen LogP contribution in [0.1, 0.15) is 31.4 Å². The first-order chi connectivity index (χ1) is 9.59. The summed E-state index contributed by atoms with van der Waals surface area (Å²) in [5, 5.41) is 3.70. The number of amides is 1. The summed E-state index contributed by atoms with van der Waals surface area (Å²) in [7, 11) is 0. The van der Waals surface area contributed by atoms with Crippen molar-refractivity contribution in [2.24, 2.45) is 11.1 Å². The van der Waals surface area contributed by atoms with Gasteiger partial charge in [0.2, 0.25) is 5.91 Å². The van der Waals surface area contributed by atoms with Crippen LogP contribution in [-0.2, 0) is 9.53 Å². The fraction of sp³-hybridized carbons (Fsp3) is 0.533. The Morgan fingerprint density at radius 2 is 2.10 bits per heavy atom. The zero-order chi connectivity index (χ0) is 14.6. The molecular weight excluding hydrogens is 276 g/mol. The lowest BCUT2D eigenvalue weighted by molar-refractivity contribution is -0.136. The number of halogens is 1. The summed E-state index contributed by atoms with van der Waals surface area (Å²) in [6.07, 6.45) is 1.34. The highest BCUT2D eigenvalue weighted by Gasteiger charge is 2.39. The van der Waals surface area contributed by atoms with Crippen molar-refractivity contribution in [2.75, 3.05) is 19.8 Å². The first kappa shape index (κ1) is 15.3. The van der Waals surface area contributed by atoms with Crippen molar-refractivity contribution in [1.82, 2.24) is 5.32 Å². The number of nitrogens with two attached hydrogens (primary N) is 1. The standard InChI is InChI=1S/C15H21ClN2O2/c1-11(12-4-2-3-5-13(12)16)18-14(19)15(10-17)6-8-20-9-7-15/h2-5,11H,6-10,17H2,1H3,(H,18,19). The number of benzene rings is 1. The zero-order valence-corrected chi connectivity index (χ0v) is 12.5. The van der Waals surface area contributed by atoms with Gasteiger partial charge < -0.3 is 15.8 Å². The van der Waals surface area contributed by atoms with Crippen molar-refractivity contribution in [2.45, 2.75) is 25.8 Å². The molecule has 3 N–H and O–H groups in total. The van der Waals surface area contributed by atoms with Gasteiger partial charge in [0.25, 0.3) is 0 Å². The molecule has 1 saturated heterocycles. The van der Waals surface area contributed by atoms with E-state index in [0.29, 0.717) is 37.6 Å². The molecule has 1 fully saturated rings. The molecule has 1 heterocycles. The van der Waals surface area contributed by atoms with E-state index in [2.05, 4.69) is 5.32 Å². The number of carbonyl (C=O) groups excluding carboxylic acids is 1. The average molecular weight is 297 g/mol. The van der Waals surface area contributed by atoms with Gasteiger partial charge in [-0.15, -0.1) is 0 Å². The SMILES string of the molecule is CC(NC(=O)C1(CN)CCOCC1)c1ccccc1Cl. The Labute approximate surface area is 124 Å². The predicted molar refractivity (Wildman–Crippen MR) is 79.6 cm³/mol. The molecule has 4 nitrogen and oxygen atoms in total. The lowest BCUT2D eigenvalue weighted by Gasteiger charge is -2.35. The smallest absolute Gasteiger partial charge is 0.228 e. The molecule has 110 valence electrons. The van der Waals surface area contributed by atoms with E-state index in [1.165, 1.54) is 0 Å². The van der Waals surface area contributed by atoms with Crippen LogP contribution in [0, 0.1) is 5.41 Å². The molecule has 0 saturated carbocycles. The number of hydrogen-bond acceptors (Lipinski definition) is 3. The number of ether oxygens (including phenoxy) is 1. The minimum Gasteiger partial charge on any atom is -0.381 e. The summed E-state index contributed by atoms with van der Waals surface area (Å²) in [5.74, 6) is -0.00396. The van der Waals surface area contributed by atoms with Crippen molar-refractivity contribution in [3.05, 3.63) is 34.9 Å². The van der Waals surface area contributed by atoms with E-state index < -0.39 is 5.41 Å². The van der Waals surface area contributed by atoms with Crippen LogP contribution in [-0.4, -0.2) is 25.7 Å². The van der Waals surface area contributed by atoms with E-state index >= 15 is 0 Å². The topological polar surface area (TPSA) is 64.4 Å². The second-order valence-electron chi connectivity index (χ2n) is 5.31. The second-order valence-corrected chi connectivity index (χ2v) is 5.72. The largest absolute Gasteiger partial charge is 0.381 e. The second kappa shape index (κ2) is 6.57. The van der Waals surface area contributed by atoms with Crippen LogP contribution >= 0.6 is 11.6 Å². The summed E-state index contributed by atoms with van der Waals surface area (Å²) in [5.41, 5.74) is 6.25. The molecule has 0 aromatic heterocycles. The lowest BCUT2D eigenvalue weighted by atomic mass is 9.79. The molecule has 1 aromatic carbocycles. The van der Waals surface area contributed by atoms with E-state index in [9.17, 15) is 4.79 Å². The van der Waals surface area contributed by atoms with Crippen molar-refractivity contribution >= 4 is 17.5 Å². The van der Waals surface area contributed by atoms with Gasteiger partial charge in [0.05, 0.1) is 11.5 Å². The third-order valence-electron chi connectivity index (χ3n) is 4.04. The van der Waals surface area contributed by atoms with Gasteiger partial charge in [0.1, 0.15) is 0 Å². The molecule has 0 bridgehead atoms. The van der Waals surface area contributed by atoms with Gasteiger partial charge in [-0.05, 0) is 31.4 Å². The van der Waals surface area contributed by atoms with Gasteiger partial charge >= 0.3 is 0 Å². The molecule has 1 aliphatic rings. The molecule has 0 radical (unpaired) electrons.